The number of furan rings is 1. The van der Waals surface area contributed by atoms with E-state index >= 15 is 0 Å². The molecule has 0 bridgehead atoms. The Hall–Kier alpha value is -0.420. The van der Waals surface area contributed by atoms with Crippen molar-refractivity contribution in [2.75, 3.05) is 0 Å². The maximum atomic E-state index is 6.24. The first-order chi connectivity index (χ1) is 8.61. The van der Waals surface area contributed by atoms with Crippen LogP contribution in [-0.2, 0) is 0 Å². The molecule has 98 valence electrons. The zero-order valence-electron chi connectivity index (χ0n) is 10.4. The van der Waals surface area contributed by atoms with Crippen LogP contribution in [0.15, 0.2) is 33.8 Å². The number of hydrogen-bond acceptors (Lipinski definition) is 4. The van der Waals surface area contributed by atoms with E-state index < -0.39 is 0 Å². The van der Waals surface area contributed by atoms with Gasteiger partial charge in [-0.05, 0) is 31.5 Å². The third-order valence-electron chi connectivity index (χ3n) is 2.80. The molecule has 2 unspecified atom stereocenters. The molecule has 0 aromatic carbocycles. The van der Waals surface area contributed by atoms with Crippen LogP contribution >= 0.6 is 34.7 Å². The van der Waals surface area contributed by atoms with Crippen molar-refractivity contribution in [2.24, 2.45) is 5.73 Å². The highest BCUT2D eigenvalue weighted by atomic mass is 35.5. The topological polar surface area (TPSA) is 39.2 Å². The molecule has 0 aliphatic rings. The minimum atomic E-state index is 0.110. The lowest BCUT2D eigenvalue weighted by atomic mass is 10.1. The monoisotopic (exact) mass is 301 g/mol. The number of aryl methyl sites for hydroxylation is 1. The van der Waals surface area contributed by atoms with Crippen molar-refractivity contribution in [1.29, 1.82) is 0 Å². The summed E-state index contributed by atoms with van der Waals surface area (Å²) < 4.78 is 6.14. The van der Waals surface area contributed by atoms with Crippen LogP contribution in [0.25, 0.3) is 0 Å². The van der Waals surface area contributed by atoms with Gasteiger partial charge in [0.05, 0.1) is 15.8 Å². The van der Waals surface area contributed by atoms with Crippen molar-refractivity contribution >= 4 is 34.7 Å². The van der Waals surface area contributed by atoms with Crippen molar-refractivity contribution < 1.29 is 4.42 Å². The molecule has 0 aliphatic heterocycles. The second kappa shape index (κ2) is 6.15. The van der Waals surface area contributed by atoms with Gasteiger partial charge in [0.2, 0.25) is 0 Å². The number of rotatable bonds is 5. The molecule has 2 rings (SSSR count). The van der Waals surface area contributed by atoms with E-state index in [0.29, 0.717) is 0 Å². The second-order valence-electron chi connectivity index (χ2n) is 4.09. The lowest BCUT2D eigenvalue weighted by Crippen LogP contribution is -2.25. The van der Waals surface area contributed by atoms with Gasteiger partial charge < -0.3 is 10.2 Å². The average Bonchev–Trinajstić information content (AvgIpc) is 2.94. The highest BCUT2D eigenvalue weighted by Gasteiger charge is 2.23. The molecule has 0 amide bonds. The van der Waals surface area contributed by atoms with Crippen molar-refractivity contribution in [2.45, 2.75) is 36.5 Å². The zero-order valence-corrected chi connectivity index (χ0v) is 12.7. The van der Waals surface area contributed by atoms with Gasteiger partial charge in [0, 0.05) is 15.8 Å². The molecule has 0 saturated heterocycles. The Morgan fingerprint density at radius 3 is 2.72 bits per heavy atom. The third-order valence-corrected chi connectivity index (χ3v) is 5.80. The normalized spacial score (nSPS) is 14.7. The minimum Gasteiger partial charge on any atom is -0.468 e. The molecule has 18 heavy (non-hydrogen) atoms. The largest absolute Gasteiger partial charge is 0.468 e. The van der Waals surface area contributed by atoms with E-state index in [1.54, 1.807) is 29.4 Å². The molecule has 0 fully saturated rings. The van der Waals surface area contributed by atoms with Crippen molar-refractivity contribution in [3.8, 4) is 0 Å². The molecule has 2 heterocycles. The van der Waals surface area contributed by atoms with E-state index in [2.05, 4.69) is 13.0 Å². The molecular formula is C13H16ClNOS2. The first-order valence-corrected chi connectivity index (χ1v) is 7.90. The Bertz CT molecular complexity index is 509. The van der Waals surface area contributed by atoms with E-state index in [1.807, 2.05) is 19.1 Å². The second-order valence-corrected chi connectivity index (χ2v) is 7.02. The lowest BCUT2D eigenvalue weighted by molar-refractivity contribution is 0.526. The van der Waals surface area contributed by atoms with E-state index in [9.17, 15) is 0 Å². The summed E-state index contributed by atoms with van der Waals surface area (Å²) in [6, 6.07) is 6.10. The fourth-order valence-corrected chi connectivity index (χ4v) is 4.28. The Morgan fingerprint density at radius 2 is 2.22 bits per heavy atom. The van der Waals surface area contributed by atoms with E-state index in [-0.39, 0.29) is 11.3 Å². The summed E-state index contributed by atoms with van der Waals surface area (Å²) in [6.45, 7) is 4.08. The average molecular weight is 302 g/mol. The number of nitrogens with two attached hydrogens (primary N) is 1. The standard InChI is InChI=1S/C13H16ClNOS2/c1-3-9(15)13(11-4-5-12(14)17-11)18-10-6-7-16-8(10)2/h4-7,9,13H,3,15H2,1-2H3. The van der Waals surface area contributed by atoms with Crippen LogP contribution in [0.5, 0.6) is 0 Å². The maximum absolute atomic E-state index is 6.24. The van der Waals surface area contributed by atoms with Crippen LogP contribution in [0.1, 0.15) is 29.2 Å². The van der Waals surface area contributed by atoms with Crippen molar-refractivity contribution in [3.63, 3.8) is 0 Å². The van der Waals surface area contributed by atoms with Gasteiger partial charge >= 0.3 is 0 Å². The summed E-state index contributed by atoms with van der Waals surface area (Å²) in [6.07, 6.45) is 2.65. The Morgan fingerprint density at radius 1 is 1.44 bits per heavy atom. The van der Waals surface area contributed by atoms with Gasteiger partial charge in [0.15, 0.2) is 0 Å². The predicted molar refractivity (Wildman–Crippen MR) is 79.6 cm³/mol. The van der Waals surface area contributed by atoms with Gasteiger partial charge in [-0.25, -0.2) is 0 Å². The smallest absolute Gasteiger partial charge is 0.114 e. The summed E-state index contributed by atoms with van der Waals surface area (Å²) in [7, 11) is 0. The quantitative estimate of drug-likeness (QED) is 0.800. The molecule has 0 saturated carbocycles. The van der Waals surface area contributed by atoms with E-state index in [0.717, 1.165) is 21.4 Å². The van der Waals surface area contributed by atoms with Crippen LogP contribution in [0.2, 0.25) is 4.34 Å². The first kappa shape index (κ1) is 14.0. The highest BCUT2D eigenvalue weighted by Crippen LogP contribution is 2.43. The summed E-state index contributed by atoms with van der Waals surface area (Å²) in [5, 5.41) is 0.226. The van der Waals surface area contributed by atoms with Crippen LogP contribution in [0, 0.1) is 6.92 Å². The van der Waals surface area contributed by atoms with E-state index in [4.69, 9.17) is 21.8 Å². The number of thiophene rings is 1. The summed E-state index contributed by atoms with van der Waals surface area (Å²) in [5.74, 6) is 0.941. The molecule has 2 N–H and O–H groups in total. The van der Waals surface area contributed by atoms with Gasteiger partial charge in [-0.1, -0.05) is 18.5 Å². The van der Waals surface area contributed by atoms with Gasteiger partial charge in [-0.3, -0.25) is 0 Å². The minimum absolute atomic E-state index is 0.110. The highest BCUT2D eigenvalue weighted by molar-refractivity contribution is 7.99. The fourth-order valence-electron chi connectivity index (χ4n) is 1.68. The molecule has 5 heteroatoms. The zero-order chi connectivity index (χ0) is 13.1. The molecule has 2 aromatic rings. The third kappa shape index (κ3) is 3.12. The van der Waals surface area contributed by atoms with Crippen LogP contribution < -0.4 is 5.73 Å². The Kier molecular flexibility index (Phi) is 4.78. The molecule has 0 spiro atoms. The summed E-state index contributed by atoms with van der Waals surface area (Å²) in [5.41, 5.74) is 6.24. The number of hydrogen-bond donors (Lipinski definition) is 1. The Balaban J connectivity index is 2.23. The van der Waals surface area contributed by atoms with Crippen LogP contribution in [0.3, 0.4) is 0 Å². The van der Waals surface area contributed by atoms with Crippen molar-refractivity contribution in [3.05, 3.63) is 39.4 Å². The molecule has 0 radical (unpaired) electrons. The van der Waals surface area contributed by atoms with Crippen LogP contribution in [-0.4, -0.2) is 6.04 Å². The molecule has 2 atom stereocenters. The lowest BCUT2D eigenvalue weighted by Gasteiger charge is -2.20. The van der Waals surface area contributed by atoms with Crippen LogP contribution in [0.4, 0.5) is 0 Å². The molecule has 2 aromatic heterocycles. The SMILES string of the molecule is CCC(N)C(Sc1ccoc1C)c1ccc(Cl)s1. The van der Waals surface area contributed by atoms with Gasteiger partial charge in [0.1, 0.15) is 5.76 Å². The number of thioether (sulfide) groups is 1. The summed E-state index contributed by atoms with van der Waals surface area (Å²) >= 11 is 9.37. The maximum Gasteiger partial charge on any atom is 0.114 e. The molecule has 0 aliphatic carbocycles. The van der Waals surface area contributed by atoms with Gasteiger partial charge in [-0.2, -0.15) is 0 Å². The summed E-state index contributed by atoms with van der Waals surface area (Å²) in [4.78, 5) is 2.37. The first-order valence-electron chi connectivity index (χ1n) is 5.83. The van der Waals surface area contributed by atoms with Crippen molar-refractivity contribution in [1.82, 2.24) is 0 Å². The number of halogens is 1. The van der Waals surface area contributed by atoms with Gasteiger partial charge in [0.25, 0.3) is 0 Å². The molecular weight excluding hydrogens is 286 g/mol. The molecule has 2 nitrogen and oxygen atoms in total. The fraction of sp³-hybridized carbons (Fsp3) is 0.385. The van der Waals surface area contributed by atoms with Gasteiger partial charge in [-0.15, -0.1) is 23.1 Å². The Labute approximate surface area is 121 Å². The van der Waals surface area contributed by atoms with E-state index in [1.165, 1.54) is 4.88 Å². The predicted octanol–water partition coefficient (Wildman–Crippen LogP) is 4.87.